The predicted octanol–water partition coefficient (Wildman–Crippen LogP) is 1.77. The van der Waals surface area contributed by atoms with Crippen LogP contribution in [-0.2, 0) is 0 Å². The molecular weight excluding hydrogens is 328 g/mol. The molecule has 8 heteroatoms. The topological polar surface area (TPSA) is 97.6 Å². The SMILES string of the molecule is Cc1nc(C#N)cc(N2CCN(c3cc(-c4cccnc4)[nH]n3)CC2)n1. The molecule has 1 saturated heterocycles. The van der Waals surface area contributed by atoms with Gasteiger partial charge < -0.3 is 9.80 Å². The van der Waals surface area contributed by atoms with Gasteiger partial charge in [0.2, 0.25) is 0 Å². The largest absolute Gasteiger partial charge is 0.353 e. The van der Waals surface area contributed by atoms with E-state index < -0.39 is 0 Å². The summed E-state index contributed by atoms with van der Waals surface area (Å²) in [7, 11) is 0. The zero-order valence-electron chi connectivity index (χ0n) is 14.4. The van der Waals surface area contributed by atoms with Crippen molar-refractivity contribution in [2.45, 2.75) is 6.92 Å². The van der Waals surface area contributed by atoms with Crippen LogP contribution in [0, 0.1) is 18.3 Å². The van der Waals surface area contributed by atoms with Crippen molar-refractivity contribution in [2.75, 3.05) is 36.0 Å². The average molecular weight is 346 g/mol. The highest BCUT2D eigenvalue weighted by atomic mass is 15.3. The molecule has 26 heavy (non-hydrogen) atoms. The molecule has 0 atom stereocenters. The average Bonchev–Trinajstić information content (AvgIpc) is 3.18. The zero-order chi connectivity index (χ0) is 17.9. The lowest BCUT2D eigenvalue weighted by Crippen LogP contribution is -2.47. The van der Waals surface area contributed by atoms with Crippen molar-refractivity contribution in [3.05, 3.63) is 48.2 Å². The lowest BCUT2D eigenvalue weighted by molar-refractivity contribution is 0.639. The fraction of sp³-hybridized carbons (Fsp3) is 0.278. The fourth-order valence-corrected chi connectivity index (χ4v) is 3.08. The maximum atomic E-state index is 9.09. The third-order valence-corrected chi connectivity index (χ3v) is 4.40. The second-order valence-electron chi connectivity index (χ2n) is 6.13. The minimum absolute atomic E-state index is 0.406. The molecule has 1 N–H and O–H groups in total. The number of hydrogen-bond acceptors (Lipinski definition) is 7. The van der Waals surface area contributed by atoms with E-state index in [4.69, 9.17) is 5.26 Å². The predicted molar refractivity (Wildman–Crippen MR) is 97.7 cm³/mol. The lowest BCUT2D eigenvalue weighted by atomic mass is 10.2. The summed E-state index contributed by atoms with van der Waals surface area (Å²) < 4.78 is 0. The summed E-state index contributed by atoms with van der Waals surface area (Å²) in [5, 5.41) is 16.6. The van der Waals surface area contributed by atoms with E-state index in [-0.39, 0.29) is 0 Å². The molecule has 1 aliphatic rings. The number of rotatable bonds is 3. The summed E-state index contributed by atoms with van der Waals surface area (Å²) in [5.41, 5.74) is 2.38. The highest BCUT2D eigenvalue weighted by Gasteiger charge is 2.21. The Kier molecular flexibility index (Phi) is 4.19. The molecule has 4 rings (SSSR count). The van der Waals surface area contributed by atoms with Gasteiger partial charge in [0.15, 0.2) is 5.82 Å². The number of aryl methyl sites for hydroxylation is 1. The normalized spacial score (nSPS) is 14.3. The van der Waals surface area contributed by atoms with Gasteiger partial charge in [0, 0.05) is 56.3 Å². The van der Waals surface area contributed by atoms with Crippen LogP contribution in [0.1, 0.15) is 11.5 Å². The van der Waals surface area contributed by atoms with Gasteiger partial charge in [-0.3, -0.25) is 10.1 Å². The molecule has 0 saturated carbocycles. The van der Waals surface area contributed by atoms with Gasteiger partial charge in [0.25, 0.3) is 0 Å². The quantitative estimate of drug-likeness (QED) is 0.772. The molecule has 0 spiro atoms. The standard InChI is InChI=1S/C18H18N8/c1-13-21-15(11-19)9-17(22-13)25-5-7-26(8-6-25)18-10-16(23-24-18)14-3-2-4-20-12-14/h2-4,9-10,12H,5-8H2,1H3,(H,23,24). The Labute approximate surface area is 151 Å². The molecule has 0 aromatic carbocycles. The van der Waals surface area contributed by atoms with E-state index in [1.54, 1.807) is 12.3 Å². The number of anilines is 2. The van der Waals surface area contributed by atoms with Crippen LogP contribution in [0.2, 0.25) is 0 Å². The third-order valence-electron chi connectivity index (χ3n) is 4.40. The number of nitrogens with zero attached hydrogens (tertiary/aromatic N) is 7. The molecule has 1 fully saturated rings. The molecule has 3 aromatic heterocycles. The van der Waals surface area contributed by atoms with Gasteiger partial charge in [-0.1, -0.05) is 0 Å². The number of H-pyrrole nitrogens is 1. The Morgan fingerprint density at radius 2 is 1.85 bits per heavy atom. The van der Waals surface area contributed by atoms with Crippen LogP contribution in [0.25, 0.3) is 11.3 Å². The molecule has 130 valence electrons. The van der Waals surface area contributed by atoms with Gasteiger partial charge in [0.1, 0.15) is 23.4 Å². The van der Waals surface area contributed by atoms with Crippen LogP contribution < -0.4 is 9.80 Å². The van der Waals surface area contributed by atoms with Gasteiger partial charge in [0.05, 0.1) is 5.69 Å². The van der Waals surface area contributed by atoms with E-state index in [1.165, 1.54) is 0 Å². The molecule has 0 amide bonds. The van der Waals surface area contributed by atoms with Crippen LogP contribution >= 0.6 is 0 Å². The summed E-state index contributed by atoms with van der Waals surface area (Å²) in [6, 6.07) is 9.81. The second kappa shape index (κ2) is 6.80. The fourth-order valence-electron chi connectivity index (χ4n) is 3.08. The second-order valence-corrected chi connectivity index (χ2v) is 6.13. The van der Waals surface area contributed by atoms with E-state index in [9.17, 15) is 0 Å². The Balaban J connectivity index is 1.45. The minimum Gasteiger partial charge on any atom is -0.353 e. The number of aromatic nitrogens is 5. The first-order chi connectivity index (χ1) is 12.7. The Bertz CT molecular complexity index is 935. The van der Waals surface area contributed by atoms with Gasteiger partial charge in [-0.25, -0.2) is 9.97 Å². The van der Waals surface area contributed by atoms with Crippen LogP contribution in [0.15, 0.2) is 36.7 Å². The van der Waals surface area contributed by atoms with E-state index >= 15 is 0 Å². The van der Waals surface area contributed by atoms with Crippen LogP contribution in [-0.4, -0.2) is 51.3 Å². The molecular formula is C18H18N8. The number of pyridine rings is 1. The molecule has 4 heterocycles. The van der Waals surface area contributed by atoms with Crippen molar-refractivity contribution in [2.24, 2.45) is 0 Å². The van der Waals surface area contributed by atoms with E-state index in [0.717, 1.165) is 49.1 Å². The highest BCUT2D eigenvalue weighted by Crippen LogP contribution is 2.23. The van der Waals surface area contributed by atoms with E-state index in [2.05, 4.69) is 47.1 Å². The monoisotopic (exact) mass is 346 g/mol. The molecule has 8 nitrogen and oxygen atoms in total. The van der Waals surface area contributed by atoms with Crippen LogP contribution in [0.3, 0.4) is 0 Å². The number of aromatic amines is 1. The molecule has 3 aromatic rings. The van der Waals surface area contributed by atoms with E-state index in [0.29, 0.717) is 11.5 Å². The number of hydrogen-bond donors (Lipinski definition) is 1. The Morgan fingerprint density at radius 3 is 2.54 bits per heavy atom. The minimum atomic E-state index is 0.406. The van der Waals surface area contributed by atoms with Crippen molar-refractivity contribution in [1.82, 2.24) is 25.1 Å². The first kappa shape index (κ1) is 16.0. The van der Waals surface area contributed by atoms with E-state index in [1.807, 2.05) is 25.3 Å². The van der Waals surface area contributed by atoms with Gasteiger partial charge in [-0.05, 0) is 19.1 Å². The summed E-state index contributed by atoms with van der Waals surface area (Å²) >= 11 is 0. The highest BCUT2D eigenvalue weighted by molar-refractivity contribution is 5.62. The first-order valence-electron chi connectivity index (χ1n) is 8.44. The summed E-state index contributed by atoms with van der Waals surface area (Å²) in [6.07, 6.45) is 3.58. The summed E-state index contributed by atoms with van der Waals surface area (Å²) in [5.74, 6) is 2.36. The maximum absolute atomic E-state index is 9.09. The molecule has 0 bridgehead atoms. The zero-order valence-corrected chi connectivity index (χ0v) is 14.4. The maximum Gasteiger partial charge on any atom is 0.151 e. The van der Waals surface area contributed by atoms with Crippen LogP contribution in [0.4, 0.5) is 11.6 Å². The van der Waals surface area contributed by atoms with Gasteiger partial charge >= 0.3 is 0 Å². The molecule has 0 aliphatic carbocycles. The molecule has 1 aliphatic heterocycles. The Hall–Kier alpha value is -3.47. The van der Waals surface area contributed by atoms with Crippen molar-refractivity contribution in [3.63, 3.8) is 0 Å². The van der Waals surface area contributed by atoms with Crippen molar-refractivity contribution >= 4 is 11.6 Å². The van der Waals surface area contributed by atoms with Gasteiger partial charge in [-0.15, -0.1) is 0 Å². The first-order valence-corrected chi connectivity index (χ1v) is 8.44. The third kappa shape index (κ3) is 3.19. The summed E-state index contributed by atoms with van der Waals surface area (Å²) in [4.78, 5) is 17.1. The van der Waals surface area contributed by atoms with Crippen LogP contribution in [0.5, 0.6) is 0 Å². The van der Waals surface area contributed by atoms with Crippen molar-refractivity contribution in [1.29, 1.82) is 5.26 Å². The molecule has 0 unspecified atom stereocenters. The van der Waals surface area contributed by atoms with Gasteiger partial charge in [-0.2, -0.15) is 10.4 Å². The van der Waals surface area contributed by atoms with Crippen molar-refractivity contribution in [3.8, 4) is 17.3 Å². The smallest absolute Gasteiger partial charge is 0.151 e. The molecule has 0 radical (unpaired) electrons. The van der Waals surface area contributed by atoms with Crippen molar-refractivity contribution < 1.29 is 0 Å². The Morgan fingerprint density at radius 1 is 1.08 bits per heavy atom. The number of piperazine rings is 1. The lowest BCUT2D eigenvalue weighted by Gasteiger charge is -2.35. The summed E-state index contributed by atoms with van der Waals surface area (Å²) in [6.45, 7) is 5.11. The number of nitrogens with one attached hydrogen (secondary N) is 1. The number of nitriles is 1.